The normalized spacial score (nSPS) is 14.1. The van der Waals surface area contributed by atoms with Crippen LogP contribution in [-0.4, -0.2) is 25.7 Å². The first kappa shape index (κ1) is 18.9. The molecule has 0 aliphatic carbocycles. The van der Waals surface area contributed by atoms with E-state index < -0.39 is 6.61 Å². The van der Waals surface area contributed by atoms with Crippen LogP contribution in [0, 0.1) is 5.92 Å². The Morgan fingerprint density at radius 1 is 1.04 bits per heavy atom. The van der Waals surface area contributed by atoms with Gasteiger partial charge in [-0.15, -0.1) is 0 Å². The third-order valence-electron chi connectivity index (χ3n) is 4.22. The van der Waals surface area contributed by atoms with Gasteiger partial charge in [-0.2, -0.15) is 8.78 Å². The van der Waals surface area contributed by atoms with Gasteiger partial charge in [0.05, 0.1) is 6.04 Å². The number of alkyl halides is 2. The van der Waals surface area contributed by atoms with Gasteiger partial charge in [0.15, 0.2) is 11.5 Å². The lowest BCUT2D eigenvalue weighted by atomic mass is 9.95. The van der Waals surface area contributed by atoms with E-state index in [0.29, 0.717) is 30.3 Å². The highest BCUT2D eigenvalue weighted by atomic mass is 19.3. The zero-order valence-electron chi connectivity index (χ0n) is 15.1. The molecule has 0 saturated heterocycles. The highest BCUT2D eigenvalue weighted by molar-refractivity contribution is 5.94. The van der Waals surface area contributed by atoms with Crippen LogP contribution < -0.4 is 19.5 Å². The first-order valence-corrected chi connectivity index (χ1v) is 8.69. The van der Waals surface area contributed by atoms with E-state index in [4.69, 9.17) is 9.47 Å². The molecule has 2 aromatic rings. The van der Waals surface area contributed by atoms with Crippen LogP contribution in [0.25, 0.3) is 0 Å². The Labute approximate surface area is 156 Å². The molecule has 0 aromatic heterocycles. The van der Waals surface area contributed by atoms with Crippen LogP contribution in [-0.2, 0) is 0 Å². The number of rotatable bonds is 6. The van der Waals surface area contributed by atoms with Crippen molar-refractivity contribution in [3.8, 4) is 17.2 Å². The fraction of sp³-hybridized carbons (Fsp3) is 0.350. The Morgan fingerprint density at radius 3 is 2.33 bits per heavy atom. The van der Waals surface area contributed by atoms with Gasteiger partial charge in [-0.3, -0.25) is 4.79 Å². The summed E-state index contributed by atoms with van der Waals surface area (Å²) in [7, 11) is 0. The van der Waals surface area contributed by atoms with Crippen LogP contribution in [0.15, 0.2) is 42.5 Å². The number of carbonyl (C=O) groups excluding carboxylic acids is 1. The predicted molar refractivity (Wildman–Crippen MR) is 95.6 cm³/mol. The molecule has 1 aliphatic heterocycles. The molecule has 0 saturated carbocycles. The Morgan fingerprint density at radius 2 is 1.70 bits per heavy atom. The summed E-state index contributed by atoms with van der Waals surface area (Å²) < 4.78 is 39.9. The van der Waals surface area contributed by atoms with Crippen LogP contribution >= 0.6 is 0 Å². The fourth-order valence-corrected chi connectivity index (χ4v) is 2.90. The molecule has 0 fully saturated rings. The Balaban J connectivity index is 1.75. The molecular formula is C20H21F2NO4. The Bertz CT molecular complexity index is 793. The summed E-state index contributed by atoms with van der Waals surface area (Å²) in [6, 6.07) is 11.0. The molecule has 0 spiro atoms. The zero-order chi connectivity index (χ0) is 19.4. The smallest absolute Gasteiger partial charge is 0.387 e. The number of halogens is 2. The number of benzene rings is 2. The minimum absolute atomic E-state index is 0.00814. The summed E-state index contributed by atoms with van der Waals surface area (Å²) >= 11 is 0. The molecule has 1 aliphatic rings. The summed E-state index contributed by atoms with van der Waals surface area (Å²) in [5.41, 5.74) is 1.26. The lowest BCUT2D eigenvalue weighted by Crippen LogP contribution is -2.31. The molecule has 1 atom stereocenters. The third-order valence-corrected chi connectivity index (χ3v) is 4.22. The van der Waals surface area contributed by atoms with E-state index in [-0.39, 0.29) is 23.6 Å². The highest BCUT2D eigenvalue weighted by Crippen LogP contribution is 2.34. The topological polar surface area (TPSA) is 56.8 Å². The van der Waals surface area contributed by atoms with Crippen molar-refractivity contribution in [3.63, 3.8) is 0 Å². The number of carbonyl (C=O) groups is 1. The van der Waals surface area contributed by atoms with E-state index in [9.17, 15) is 13.6 Å². The van der Waals surface area contributed by atoms with Gasteiger partial charge in [0.2, 0.25) is 0 Å². The molecular weight excluding hydrogens is 356 g/mol. The van der Waals surface area contributed by atoms with Gasteiger partial charge < -0.3 is 19.5 Å². The number of amides is 1. The van der Waals surface area contributed by atoms with Crippen LogP contribution in [0.2, 0.25) is 0 Å². The molecule has 1 N–H and O–H groups in total. The molecule has 0 radical (unpaired) electrons. The van der Waals surface area contributed by atoms with E-state index in [1.54, 1.807) is 0 Å². The van der Waals surface area contributed by atoms with Crippen LogP contribution in [0.4, 0.5) is 8.78 Å². The van der Waals surface area contributed by atoms with Crippen molar-refractivity contribution in [3.05, 3.63) is 53.6 Å². The summed E-state index contributed by atoms with van der Waals surface area (Å²) in [5.74, 6) is 1.18. The minimum atomic E-state index is -2.90. The second-order valence-electron chi connectivity index (χ2n) is 6.50. The first-order valence-electron chi connectivity index (χ1n) is 8.69. The Hall–Kier alpha value is -2.83. The summed E-state index contributed by atoms with van der Waals surface area (Å²) in [6.07, 6.45) is 0. The number of hydrogen-bond donors (Lipinski definition) is 1. The van der Waals surface area contributed by atoms with E-state index in [1.807, 2.05) is 32.0 Å². The SMILES string of the molecule is CC(C)[C@@H](NC(=O)c1ccc(OC(F)F)cc1)c1ccc2c(c1)OCCO2. The summed E-state index contributed by atoms with van der Waals surface area (Å²) in [4.78, 5) is 12.6. The number of hydrogen-bond acceptors (Lipinski definition) is 4. The largest absolute Gasteiger partial charge is 0.486 e. The molecule has 1 amide bonds. The van der Waals surface area contributed by atoms with E-state index in [1.165, 1.54) is 24.3 Å². The maximum absolute atomic E-state index is 12.6. The average Bonchev–Trinajstić information content (AvgIpc) is 2.65. The molecule has 3 rings (SSSR count). The van der Waals surface area contributed by atoms with Gasteiger partial charge in [0.25, 0.3) is 5.91 Å². The molecule has 5 nitrogen and oxygen atoms in total. The van der Waals surface area contributed by atoms with Gasteiger partial charge >= 0.3 is 6.61 Å². The summed E-state index contributed by atoms with van der Waals surface area (Å²) in [6.45, 7) is 2.11. The van der Waals surface area contributed by atoms with Crippen molar-refractivity contribution in [2.75, 3.05) is 13.2 Å². The second-order valence-corrected chi connectivity index (χ2v) is 6.50. The van der Waals surface area contributed by atoms with Crippen molar-refractivity contribution >= 4 is 5.91 Å². The zero-order valence-corrected chi connectivity index (χ0v) is 15.1. The fourth-order valence-electron chi connectivity index (χ4n) is 2.90. The van der Waals surface area contributed by atoms with Gasteiger partial charge in [-0.05, 0) is 47.9 Å². The Kier molecular flexibility index (Phi) is 5.78. The lowest BCUT2D eigenvalue weighted by Gasteiger charge is -2.25. The van der Waals surface area contributed by atoms with Gasteiger partial charge in [-0.1, -0.05) is 19.9 Å². The highest BCUT2D eigenvalue weighted by Gasteiger charge is 2.22. The predicted octanol–water partition coefficient (Wildman–Crippen LogP) is 4.19. The van der Waals surface area contributed by atoms with Crippen LogP contribution in [0.1, 0.15) is 35.8 Å². The monoisotopic (exact) mass is 377 g/mol. The molecule has 2 aromatic carbocycles. The number of ether oxygens (including phenoxy) is 3. The third kappa shape index (κ3) is 4.67. The van der Waals surface area contributed by atoms with Gasteiger partial charge in [0, 0.05) is 5.56 Å². The van der Waals surface area contributed by atoms with Gasteiger partial charge in [-0.25, -0.2) is 0 Å². The molecule has 144 valence electrons. The lowest BCUT2D eigenvalue weighted by molar-refractivity contribution is -0.0498. The molecule has 0 unspecified atom stereocenters. The molecule has 0 bridgehead atoms. The quantitative estimate of drug-likeness (QED) is 0.820. The number of fused-ring (bicyclic) bond motifs is 1. The van der Waals surface area contributed by atoms with E-state index >= 15 is 0 Å². The van der Waals surface area contributed by atoms with Crippen molar-refractivity contribution in [2.24, 2.45) is 5.92 Å². The van der Waals surface area contributed by atoms with Crippen molar-refractivity contribution in [1.82, 2.24) is 5.32 Å². The van der Waals surface area contributed by atoms with Crippen molar-refractivity contribution in [2.45, 2.75) is 26.5 Å². The number of nitrogens with one attached hydrogen (secondary N) is 1. The maximum Gasteiger partial charge on any atom is 0.387 e. The van der Waals surface area contributed by atoms with Crippen LogP contribution in [0.3, 0.4) is 0 Å². The minimum Gasteiger partial charge on any atom is -0.486 e. The van der Waals surface area contributed by atoms with E-state index in [0.717, 1.165) is 5.56 Å². The summed E-state index contributed by atoms with van der Waals surface area (Å²) in [5, 5.41) is 2.99. The maximum atomic E-state index is 12.6. The van der Waals surface area contributed by atoms with Crippen molar-refractivity contribution in [1.29, 1.82) is 0 Å². The van der Waals surface area contributed by atoms with Crippen LogP contribution in [0.5, 0.6) is 17.2 Å². The molecule has 7 heteroatoms. The second kappa shape index (κ2) is 8.24. The standard InChI is InChI=1S/C20H21F2NO4/c1-12(2)18(14-5-8-16-17(11-14)26-10-9-25-16)23-19(24)13-3-6-15(7-4-13)27-20(21)22/h3-8,11-12,18,20H,9-10H2,1-2H3,(H,23,24)/t18-/m1/s1. The van der Waals surface area contributed by atoms with E-state index in [2.05, 4.69) is 10.1 Å². The van der Waals surface area contributed by atoms with Crippen molar-refractivity contribution < 1.29 is 27.8 Å². The first-order chi connectivity index (χ1) is 12.9. The average molecular weight is 377 g/mol. The molecule has 1 heterocycles. The van der Waals surface area contributed by atoms with Gasteiger partial charge in [0.1, 0.15) is 19.0 Å². The molecule has 27 heavy (non-hydrogen) atoms.